The molecule has 5 rings (SSSR count). The van der Waals surface area contributed by atoms with Gasteiger partial charge in [-0.2, -0.15) is 0 Å². The minimum Gasteiger partial charge on any atom is -0.472 e. The van der Waals surface area contributed by atoms with Crippen molar-refractivity contribution in [2.75, 3.05) is 6.61 Å². The maximum Gasteiger partial charge on any atom is 0.334 e. The third-order valence-electron chi connectivity index (χ3n) is 6.92. The van der Waals surface area contributed by atoms with Gasteiger partial charge in [0.15, 0.2) is 6.10 Å². The van der Waals surface area contributed by atoms with Crippen molar-refractivity contribution in [2.24, 2.45) is 17.3 Å². The number of carbonyl (C=O) groups excluding carboxylic acids is 3. The average molecular weight is 398 g/mol. The van der Waals surface area contributed by atoms with E-state index in [-0.39, 0.29) is 30.9 Å². The third kappa shape index (κ3) is 2.46. The van der Waals surface area contributed by atoms with E-state index in [1.165, 1.54) is 6.92 Å². The Morgan fingerprint density at radius 2 is 2.14 bits per heavy atom. The Morgan fingerprint density at radius 3 is 2.86 bits per heavy atom. The molecule has 152 valence electrons. The maximum atomic E-state index is 12.9. The summed E-state index contributed by atoms with van der Waals surface area (Å²) in [6, 6.07) is 1.79. The van der Waals surface area contributed by atoms with Crippen molar-refractivity contribution in [3.8, 4) is 0 Å². The average Bonchev–Trinajstić information content (AvgIpc) is 3.38. The molecular weight excluding hydrogens is 376 g/mol. The fourth-order valence-electron chi connectivity index (χ4n) is 5.76. The Balaban J connectivity index is 1.70. The molecule has 0 aromatic carbocycles. The highest BCUT2D eigenvalue weighted by Gasteiger charge is 2.62. The van der Waals surface area contributed by atoms with Gasteiger partial charge in [0.1, 0.15) is 12.7 Å². The first-order chi connectivity index (χ1) is 13.9. The van der Waals surface area contributed by atoms with Crippen molar-refractivity contribution in [1.82, 2.24) is 0 Å². The van der Waals surface area contributed by atoms with Gasteiger partial charge in [-0.25, -0.2) is 4.79 Å². The number of carbonyl (C=O) groups is 3. The zero-order valence-corrected chi connectivity index (χ0v) is 16.3. The first kappa shape index (κ1) is 18.2. The molecule has 0 amide bonds. The summed E-state index contributed by atoms with van der Waals surface area (Å²) < 4.78 is 22.2. The highest BCUT2D eigenvalue weighted by molar-refractivity contribution is 5.93. The first-order valence-electron chi connectivity index (χ1n) is 9.91. The van der Waals surface area contributed by atoms with Gasteiger partial charge >= 0.3 is 17.9 Å². The van der Waals surface area contributed by atoms with E-state index in [2.05, 4.69) is 0 Å². The van der Waals surface area contributed by atoms with E-state index < -0.39 is 29.5 Å². The Bertz CT molecular complexity index is 954. The second kappa shape index (κ2) is 6.34. The van der Waals surface area contributed by atoms with Gasteiger partial charge in [0.05, 0.1) is 23.9 Å². The highest BCUT2D eigenvalue weighted by Crippen LogP contribution is 2.59. The smallest absolute Gasteiger partial charge is 0.334 e. The fourth-order valence-corrected chi connectivity index (χ4v) is 5.76. The number of rotatable bonds is 2. The lowest BCUT2D eigenvalue weighted by Crippen LogP contribution is -2.48. The lowest BCUT2D eigenvalue weighted by molar-refractivity contribution is -0.159. The van der Waals surface area contributed by atoms with Gasteiger partial charge in [0.25, 0.3) is 0 Å². The molecule has 0 radical (unpaired) electrons. The van der Waals surface area contributed by atoms with E-state index in [9.17, 15) is 14.4 Å². The number of esters is 3. The van der Waals surface area contributed by atoms with Crippen LogP contribution in [0.2, 0.25) is 0 Å². The molecule has 29 heavy (non-hydrogen) atoms. The molecule has 2 aliphatic heterocycles. The molecule has 0 bridgehead atoms. The molecule has 1 spiro atoms. The summed E-state index contributed by atoms with van der Waals surface area (Å²) >= 11 is 0. The first-order valence-corrected chi connectivity index (χ1v) is 9.91. The summed E-state index contributed by atoms with van der Waals surface area (Å²) in [7, 11) is 0. The molecule has 5 atom stereocenters. The van der Waals surface area contributed by atoms with Crippen molar-refractivity contribution < 1.29 is 33.0 Å². The van der Waals surface area contributed by atoms with E-state index >= 15 is 0 Å². The summed E-state index contributed by atoms with van der Waals surface area (Å²) in [5, 5.41) is 0. The lowest BCUT2D eigenvalue weighted by atomic mass is 9.61. The molecule has 3 heterocycles. The number of furan rings is 1. The number of fused-ring (bicyclic) bond motifs is 1. The molecule has 2 saturated heterocycles. The van der Waals surface area contributed by atoms with E-state index in [0.717, 1.165) is 29.6 Å². The molecule has 0 saturated carbocycles. The van der Waals surface area contributed by atoms with Crippen molar-refractivity contribution in [3.63, 3.8) is 0 Å². The van der Waals surface area contributed by atoms with Crippen molar-refractivity contribution in [1.29, 1.82) is 0 Å². The topological polar surface area (TPSA) is 92.0 Å². The highest BCUT2D eigenvalue weighted by atomic mass is 16.6. The molecule has 7 nitrogen and oxygen atoms in total. The molecule has 2 fully saturated rings. The second-order valence-electron chi connectivity index (χ2n) is 8.26. The van der Waals surface area contributed by atoms with E-state index in [1.54, 1.807) is 18.6 Å². The van der Waals surface area contributed by atoms with Crippen molar-refractivity contribution >= 4 is 17.9 Å². The van der Waals surface area contributed by atoms with Gasteiger partial charge in [0, 0.05) is 24.5 Å². The van der Waals surface area contributed by atoms with Crippen LogP contribution in [0.15, 0.2) is 45.8 Å². The minimum absolute atomic E-state index is 0.0813. The third-order valence-corrected chi connectivity index (χ3v) is 6.92. The van der Waals surface area contributed by atoms with Crippen LogP contribution in [-0.4, -0.2) is 30.6 Å². The summed E-state index contributed by atoms with van der Waals surface area (Å²) in [6.45, 7) is 3.51. The van der Waals surface area contributed by atoms with Crippen LogP contribution in [0, 0.1) is 17.3 Å². The van der Waals surface area contributed by atoms with Crippen LogP contribution in [0.25, 0.3) is 0 Å². The van der Waals surface area contributed by atoms with Crippen LogP contribution in [-0.2, 0) is 28.6 Å². The quantitative estimate of drug-likeness (QED) is 0.429. The molecule has 0 N–H and O–H groups in total. The van der Waals surface area contributed by atoms with Gasteiger partial charge in [-0.1, -0.05) is 11.6 Å². The molecule has 4 aliphatic rings. The van der Waals surface area contributed by atoms with Crippen LogP contribution in [0.5, 0.6) is 0 Å². The Morgan fingerprint density at radius 1 is 1.31 bits per heavy atom. The second-order valence-corrected chi connectivity index (χ2v) is 8.26. The Hall–Kier alpha value is -2.83. The van der Waals surface area contributed by atoms with Crippen LogP contribution in [0.1, 0.15) is 44.8 Å². The van der Waals surface area contributed by atoms with Crippen LogP contribution < -0.4 is 0 Å². The number of ether oxygens (including phenoxy) is 3. The zero-order chi connectivity index (χ0) is 20.3. The summed E-state index contributed by atoms with van der Waals surface area (Å²) in [5.41, 5.74) is 2.51. The van der Waals surface area contributed by atoms with Gasteiger partial charge in [0.2, 0.25) is 0 Å². The van der Waals surface area contributed by atoms with E-state index in [4.69, 9.17) is 18.6 Å². The van der Waals surface area contributed by atoms with E-state index in [1.807, 2.05) is 13.0 Å². The summed E-state index contributed by atoms with van der Waals surface area (Å²) in [5.74, 6) is -1.75. The van der Waals surface area contributed by atoms with Gasteiger partial charge in [-0.3, -0.25) is 9.59 Å². The number of cyclic esters (lactones) is 2. The molecular formula is C22H22O7. The normalized spacial score (nSPS) is 35.7. The van der Waals surface area contributed by atoms with E-state index in [0.29, 0.717) is 5.57 Å². The molecule has 1 aromatic rings. The minimum atomic E-state index is -0.760. The van der Waals surface area contributed by atoms with Crippen molar-refractivity contribution in [2.45, 2.75) is 45.3 Å². The zero-order valence-electron chi connectivity index (χ0n) is 16.3. The molecule has 5 unspecified atom stereocenters. The number of hydrogen-bond acceptors (Lipinski definition) is 7. The Labute approximate surface area is 167 Å². The SMILES string of the molecule is CC(=O)OC1CC2C(=O)OC(c3ccoc3)C2=C(C)C2CCC=C3C(=O)OCC312. The van der Waals surface area contributed by atoms with Gasteiger partial charge in [-0.15, -0.1) is 0 Å². The molecule has 1 aromatic heterocycles. The van der Waals surface area contributed by atoms with Crippen LogP contribution in [0.4, 0.5) is 0 Å². The summed E-state index contributed by atoms with van der Waals surface area (Å²) in [4.78, 5) is 37.3. The summed E-state index contributed by atoms with van der Waals surface area (Å²) in [6.07, 6.45) is 5.66. The molecule has 7 heteroatoms. The standard InChI is InChI=1S/C22H22O7/c1-11-15-4-3-5-16-21(25)27-10-22(15,16)17(28-12(2)23)8-14-18(11)19(29-20(14)24)13-6-7-26-9-13/h5-7,9,14-15,17,19H,3-4,8,10H2,1-2H3. The van der Waals surface area contributed by atoms with Crippen molar-refractivity contribution in [3.05, 3.63) is 47.0 Å². The molecule has 2 aliphatic carbocycles. The van der Waals surface area contributed by atoms with Crippen LogP contribution >= 0.6 is 0 Å². The lowest BCUT2D eigenvalue weighted by Gasteiger charge is -2.43. The van der Waals surface area contributed by atoms with Gasteiger partial charge < -0.3 is 18.6 Å². The number of hydrogen-bond donors (Lipinski definition) is 0. The Kier molecular flexibility index (Phi) is 3.98. The van der Waals surface area contributed by atoms with Gasteiger partial charge in [-0.05, 0) is 37.3 Å². The fraction of sp³-hybridized carbons (Fsp3) is 0.500. The number of allylic oxidation sites excluding steroid dienone is 2. The monoisotopic (exact) mass is 398 g/mol. The maximum absolute atomic E-state index is 12.9. The predicted molar refractivity (Wildman–Crippen MR) is 98.1 cm³/mol. The largest absolute Gasteiger partial charge is 0.472 e. The predicted octanol–water partition coefficient (Wildman–Crippen LogP) is 3.03. The van der Waals surface area contributed by atoms with Crippen LogP contribution in [0.3, 0.4) is 0 Å².